The average Bonchev–Trinajstić information content (AvgIpc) is 4.02. The summed E-state index contributed by atoms with van der Waals surface area (Å²) in [5, 5.41) is 5.26. The predicted molar refractivity (Wildman–Crippen MR) is 241 cm³/mol. The van der Waals surface area contributed by atoms with Crippen molar-refractivity contribution in [3.8, 4) is 33.6 Å². The summed E-state index contributed by atoms with van der Waals surface area (Å²) in [7, 11) is 0. The molecule has 2 nitrogen and oxygen atoms in total. The minimum absolute atomic E-state index is 0.148. The van der Waals surface area contributed by atoms with Crippen molar-refractivity contribution in [1.29, 1.82) is 0 Å². The first-order chi connectivity index (χ1) is 28.8. The lowest BCUT2D eigenvalue weighted by Gasteiger charge is -2.18. The Kier molecular flexibility index (Phi) is 6.59. The molecule has 2 aliphatic rings. The highest BCUT2D eigenvalue weighted by Crippen LogP contribution is 2.55. The molecule has 0 aliphatic heterocycles. The van der Waals surface area contributed by atoms with Crippen LogP contribution in [0.15, 0.2) is 206 Å². The Labute approximate surface area is 336 Å². The van der Waals surface area contributed by atoms with Crippen molar-refractivity contribution in [2.24, 2.45) is 0 Å². The lowest BCUT2D eigenvalue weighted by atomic mass is 9.85. The van der Waals surface area contributed by atoms with Crippen molar-refractivity contribution in [2.75, 3.05) is 0 Å². The number of aromatic nitrogens is 2. The normalized spacial score (nSPS) is 15.2. The monoisotopic (exact) mass is 736 g/mol. The second-order valence-corrected chi connectivity index (χ2v) is 15.9. The number of fused-ring (bicyclic) bond motifs is 14. The van der Waals surface area contributed by atoms with Gasteiger partial charge in [-0.05, 0) is 104 Å². The molecular formula is C56H36N2. The zero-order chi connectivity index (χ0) is 37.9. The minimum atomic E-state index is 0.148. The average molecular weight is 737 g/mol. The molecule has 58 heavy (non-hydrogen) atoms. The molecule has 2 unspecified atom stereocenters. The molecule has 2 heterocycles. The number of rotatable bonds is 4. The van der Waals surface area contributed by atoms with Crippen LogP contribution >= 0.6 is 0 Å². The summed E-state index contributed by atoms with van der Waals surface area (Å²) in [4.78, 5) is 0. The van der Waals surface area contributed by atoms with Gasteiger partial charge in [0.2, 0.25) is 0 Å². The highest BCUT2D eigenvalue weighted by Gasteiger charge is 2.35. The van der Waals surface area contributed by atoms with Gasteiger partial charge >= 0.3 is 0 Å². The maximum absolute atomic E-state index is 2.43. The summed E-state index contributed by atoms with van der Waals surface area (Å²) in [6.07, 6.45) is 0. The zero-order valence-electron chi connectivity index (χ0n) is 31.7. The van der Waals surface area contributed by atoms with Crippen LogP contribution in [0, 0.1) is 0 Å². The van der Waals surface area contributed by atoms with Crippen LogP contribution in [0.5, 0.6) is 0 Å². The molecule has 0 bridgehead atoms. The molecule has 13 rings (SSSR count). The SMILES string of the molecule is c1ccc(-n2c3ccccc3c3c4c(ccc32)C(c2ccc(C3c5ccccc5-c5c3ccc3c5c5ccccc5n3-c3ccccc3)cc2)c2ccccc2-4)cc1. The molecule has 0 saturated carbocycles. The Bertz CT molecular complexity index is 3210. The molecular weight excluding hydrogens is 701 g/mol. The fourth-order valence-electron chi connectivity index (χ4n) is 10.8. The Morgan fingerprint density at radius 3 is 1.10 bits per heavy atom. The summed E-state index contributed by atoms with van der Waals surface area (Å²) in [5.41, 5.74) is 20.9. The Balaban J connectivity index is 0.974. The Hall–Kier alpha value is -7.42. The van der Waals surface area contributed by atoms with Crippen molar-refractivity contribution in [1.82, 2.24) is 9.13 Å². The highest BCUT2D eigenvalue weighted by atomic mass is 15.0. The molecule has 0 amide bonds. The van der Waals surface area contributed by atoms with Gasteiger partial charge in [-0.3, -0.25) is 0 Å². The largest absolute Gasteiger partial charge is 0.309 e. The van der Waals surface area contributed by atoms with Gasteiger partial charge in [0.1, 0.15) is 0 Å². The standard InChI is InChI=1S/C56H36N2/c1-3-15-37(16-4-1)57-47-25-13-11-23-43(47)55-49(57)33-31-45-51(39-19-7-9-21-41(39)53(45)55)35-27-29-36(30-28-35)52-40-20-8-10-22-42(40)54-46(52)32-34-50-56(54)44-24-12-14-26-48(44)58(50)38-17-5-2-6-18-38/h1-34,51-52H. The molecule has 0 radical (unpaired) electrons. The second kappa shape index (κ2) is 12.0. The van der Waals surface area contributed by atoms with E-state index in [1.54, 1.807) is 0 Å². The van der Waals surface area contributed by atoms with E-state index in [0.717, 1.165) is 0 Å². The van der Waals surface area contributed by atoms with Crippen molar-refractivity contribution in [3.63, 3.8) is 0 Å². The first-order valence-electron chi connectivity index (χ1n) is 20.3. The number of benzene rings is 9. The van der Waals surface area contributed by atoms with E-state index >= 15 is 0 Å². The third-order valence-electron chi connectivity index (χ3n) is 13.1. The lowest BCUT2D eigenvalue weighted by molar-refractivity contribution is 0.986. The van der Waals surface area contributed by atoms with Crippen molar-refractivity contribution in [2.45, 2.75) is 11.8 Å². The van der Waals surface area contributed by atoms with Gasteiger partial charge in [-0.15, -0.1) is 0 Å². The molecule has 11 aromatic rings. The van der Waals surface area contributed by atoms with Crippen LogP contribution in [-0.2, 0) is 0 Å². The van der Waals surface area contributed by atoms with Crippen LogP contribution in [0.4, 0.5) is 0 Å². The van der Waals surface area contributed by atoms with Crippen LogP contribution in [0.25, 0.3) is 77.2 Å². The molecule has 9 aromatic carbocycles. The van der Waals surface area contributed by atoms with Crippen molar-refractivity contribution >= 4 is 43.6 Å². The van der Waals surface area contributed by atoms with Gasteiger partial charge in [0.25, 0.3) is 0 Å². The van der Waals surface area contributed by atoms with E-state index in [0.29, 0.717) is 0 Å². The number of hydrogen-bond acceptors (Lipinski definition) is 0. The van der Waals surface area contributed by atoms with E-state index in [1.165, 1.54) is 111 Å². The quantitative estimate of drug-likeness (QED) is 0.170. The third-order valence-corrected chi connectivity index (χ3v) is 13.1. The van der Waals surface area contributed by atoms with E-state index in [1.807, 2.05) is 0 Å². The summed E-state index contributed by atoms with van der Waals surface area (Å²) in [5.74, 6) is 0.297. The summed E-state index contributed by atoms with van der Waals surface area (Å²) < 4.78 is 4.86. The van der Waals surface area contributed by atoms with E-state index in [9.17, 15) is 0 Å². The van der Waals surface area contributed by atoms with E-state index in [2.05, 4.69) is 215 Å². The molecule has 270 valence electrons. The van der Waals surface area contributed by atoms with Gasteiger partial charge in [0, 0.05) is 44.8 Å². The van der Waals surface area contributed by atoms with Crippen molar-refractivity contribution < 1.29 is 0 Å². The first-order valence-corrected chi connectivity index (χ1v) is 20.3. The molecule has 0 N–H and O–H groups in total. The van der Waals surface area contributed by atoms with Crippen LogP contribution in [0.2, 0.25) is 0 Å². The van der Waals surface area contributed by atoms with Crippen LogP contribution < -0.4 is 0 Å². The molecule has 0 spiro atoms. The predicted octanol–water partition coefficient (Wildman–Crippen LogP) is 14.2. The second-order valence-electron chi connectivity index (χ2n) is 15.9. The molecule has 2 aromatic heterocycles. The Morgan fingerprint density at radius 1 is 0.276 bits per heavy atom. The Morgan fingerprint density at radius 2 is 0.655 bits per heavy atom. The smallest absolute Gasteiger partial charge is 0.0547 e. The van der Waals surface area contributed by atoms with Gasteiger partial charge < -0.3 is 9.13 Å². The first kappa shape index (κ1) is 31.7. The summed E-state index contributed by atoms with van der Waals surface area (Å²) in [6, 6.07) is 76.7. The van der Waals surface area contributed by atoms with Crippen molar-refractivity contribution in [3.05, 3.63) is 240 Å². The van der Waals surface area contributed by atoms with Crippen LogP contribution in [0.3, 0.4) is 0 Å². The van der Waals surface area contributed by atoms with Gasteiger partial charge in [0.15, 0.2) is 0 Å². The van der Waals surface area contributed by atoms with E-state index in [4.69, 9.17) is 0 Å². The number of nitrogens with zero attached hydrogens (tertiary/aromatic N) is 2. The molecule has 2 heteroatoms. The summed E-state index contributed by atoms with van der Waals surface area (Å²) >= 11 is 0. The van der Waals surface area contributed by atoms with Gasteiger partial charge in [-0.25, -0.2) is 0 Å². The van der Waals surface area contributed by atoms with Gasteiger partial charge in [-0.1, -0.05) is 158 Å². The van der Waals surface area contributed by atoms with Crippen LogP contribution in [0.1, 0.15) is 45.2 Å². The fourth-order valence-corrected chi connectivity index (χ4v) is 10.8. The molecule has 0 fully saturated rings. The maximum atomic E-state index is 2.43. The summed E-state index contributed by atoms with van der Waals surface area (Å²) in [6.45, 7) is 0. The maximum Gasteiger partial charge on any atom is 0.0547 e. The topological polar surface area (TPSA) is 9.86 Å². The van der Waals surface area contributed by atoms with Gasteiger partial charge in [-0.2, -0.15) is 0 Å². The molecule has 0 saturated heterocycles. The van der Waals surface area contributed by atoms with Crippen LogP contribution in [-0.4, -0.2) is 9.13 Å². The zero-order valence-corrected chi connectivity index (χ0v) is 31.7. The fraction of sp³-hybridized carbons (Fsp3) is 0.0357. The minimum Gasteiger partial charge on any atom is -0.309 e. The third kappa shape index (κ3) is 4.27. The van der Waals surface area contributed by atoms with Gasteiger partial charge in [0.05, 0.1) is 22.1 Å². The molecule has 2 atom stereocenters. The van der Waals surface area contributed by atoms with E-state index in [-0.39, 0.29) is 11.8 Å². The number of para-hydroxylation sites is 4. The highest BCUT2D eigenvalue weighted by molar-refractivity contribution is 6.19. The number of hydrogen-bond donors (Lipinski definition) is 0. The van der Waals surface area contributed by atoms with E-state index < -0.39 is 0 Å². The lowest BCUT2D eigenvalue weighted by Crippen LogP contribution is -2.02. The molecule has 2 aliphatic carbocycles.